The molecule has 0 aromatic carbocycles. The smallest absolute Gasteiger partial charge is 0.0763 e. The molecule has 13 heavy (non-hydrogen) atoms. The van der Waals surface area contributed by atoms with Crippen LogP contribution in [-0.4, -0.2) is 23.9 Å². The number of nitrogens with one attached hydrogen (secondary N) is 1. The van der Waals surface area contributed by atoms with Crippen LogP contribution in [-0.2, 0) is 4.74 Å². The van der Waals surface area contributed by atoms with Crippen LogP contribution in [0.5, 0.6) is 0 Å². The summed E-state index contributed by atoms with van der Waals surface area (Å²) in [5.74, 6) is 0. The van der Waals surface area contributed by atoms with Gasteiger partial charge in [0, 0.05) is 19.0 Å². The molecule has 2 rings (SSSR count). The van der Waals surface area contributed by atoms with Crippen molar-refractivity contribution < 1.29 is 4.74 Å². The zero-order chi connectivity index (χ0) is 8.93. The zero-order valence-corrected chi connectivity index (χ0v) is 7.78. The van der Waals surface area contributed by atoms with Crippen molar-refractivity contribution in [2.75, 3.05) is 18.6 Å². The van der Waals surface area contributed by atoms with E-state index in [2.05, 4.69) is 5.43 Å². The van der Waals surface area contributed by atoms with E-state index in [1.54, 1.807) is 0 Å². The average Bonchev–Trinajstić information content (AvgIpc) is 2.69. The lowest BCUT2D eigenvalue weighted by molar-refractivity contribution is 0.0233. The van der Waals surface area contributed by atoms with Crippen LogP contribution in [0.25, 0.3) is 0 Å². The Labute approximate surface area is 78.7 Å². The summed E-state index contributed by atoms with van der Waals surface area (Å²) in [6.45, 7) is 1.84. The average molecular weight is 180 g/mol. The molecule has 1 aromatic rings. The molecule has 0 saturated carbocycles. The molecule has 1 saturated heterocycles. The molecule has 0 amide bonds. The highest BCUT2D eigenvalue weighted by molar-refractivity contribution is 4.93. The predicted molar refractivity (Wildman–Crippen MR) is 52.3 cm³/mol. The van der Waals surface area contributed by atoms with Crippen LogP contribution in [0.1, 0.15) is 19.3 Å². The molecule has 0 bridgehead atoms. The maximum atomic E-state index is 5.60. The van der Waals surface area contributed by atoms with Crippen LogP contribution in [0.4, 0.5) is 0 Å². The second-order valence-corrected chi connectivity index (χ2v) is 3.44. The molecule has 1 aromatic heterocycles. The lowest BCUT2D eigenvalue weighted by Gasteiger charge is -2.23. The monoisotopic (exact) mass is 180 g/mol. The molecule has 0 radical (unpaired) electrons. The Kier molecular flexibility index (Phi) is 2.87. The largest absolute Gasteiger partial charge is 0.376 e. The van der Waals surface area contributed by atoms with Crippen molar-refractivity contribution >= 4 is 0 Å². The highest BCUT2D eigenvalue weighted by Gasteiger charge is 2.12. The van der Waals surface area contributed by atoms with E-state index in [1.807, 2.05) is 29.2 Å². The number of hydrogen-bond acceptors (Lipinski definition) is 2. The fraction of sp³-hybridized carbons (Fsp3) is 0.600. The molecule has 0 spiro atoms. The Bertz CT molecular complexity index is 227. The molecule has 3 nitrogen and oxygen atoms in total. The molecule has 1 N–H and O–H groups in total. The molecule has 1 fully saturated rings. The van der Waals surface area contributed by atoms with Crippen LogP contribution in [0.2, 0.25) is 0 Å². The quantitative estimate of drug-likeness (QED) is 0.764. The molecule has 72 valence electrons. The minimum Gasteiger partial charge on any atom is -0.376 e. The minimum atomic E-state index is 0.399. The van der Waals surface area contributed by atoms with E-state index in [4.69, 9.17) is 4.74 Å². The van der Waals surface area contributed by atoms with Crippen molar-refractivity contribution in [2.45, 2.75) is 25.4 Å². The van der Waals surface area contributed by atoms with Crippen molar-refractivity contribution in [3.05, 3.63) is 24.5 Å². The van der Waals surface area contributed by atoms with Gasteiger partial charge in [-0.25, -0.2) is 0 Å². The molecule has 1 aliphatic rings. The van der Waals surface area contributed by atoms with Gasteiger partial charge in [0.05, 0.1) is 12.6 Å². The van der Waals surface area contributed by atoms with Gasteiger partial charge >= 0.3 is 0 Å². The maximum Gasteiger partial charge on any atom is 0.0763 e. The molecule has 1 aliphatic heterocycles. The number of aromatic nitrogens is 1. The Hall–Kier alpha value is -0.960. The first-order valence-corrected chi connectivity index (χ1v) is 4.93. The number of rotatable bonds is 3. The van der Waals surface area contributed by atoms with E-state index in [0.717, 1.165) is 13.2 Å². The van der Waals surface area contributed by atoms with E-state index in [0.29, 0.717) is 6.10 Å². The summed E-state index contributed by atoms with van der Waals surface area (Å²) in [5.41, 5.74) is 3.29. The summed E-state index contributed by atoms with van der Waals surface area (Å²) < 4.78 is 7.57. The fourth-order valence-electron chi connectivity index (χ4n) is 1.62. The standard InChI is InChI=1S/C10H16N2O/c1-4-8-13-10(5-1)9-11-12-6-2-3-7-12/h2-3,6-7,10-11H,1,4-5,8-9H2. The van der Waals surface area contributed by atoms with E-state index < -0.39 is 0 Å². The molecule has 1 unspecified atom stereocenters. The van der Waals surface area contributed by atoms with Gasteiger partial charge in [-0.1, -0.05) is 0 Å². The highest BCUT2D eigenvalue weighted by atomic mass is 16.5. The van der Waals surface area contributed by atoms with Gasteiger partial charge in [0.25, 0.3) is 0 Å². The van der Waals surface area contributed by atoms with Gasteiger partial charge in [0.15, 0.2) is 0 Å². The van der Waals surface area contributed by atoms with Crippen LogP contribution in [0.15, 0.2) is 24.5 Å². The number of nitrogens with zero attached hydrogens (tertiary/aromatic N) is 1. The second-order valence-electron chi connectivity index (χ2n) is 3.44. The Morgan fingerprint density at radius 1 is 1.31 bits per heavy atom. The van der Waals surface area contributed by atoms with Crippen molar-refractivity contribution in [2.24, 2.45) is 0 Å². The van der Waals surface area contributed by atoms with Crippen molar-refractivity contribution in [1.29, 1.82) is 0 Å². The highest BCUT2D eigenvalue weighted by Crippen LogP contribution is 2.11. The van der Waals surface area contributed by atoms with E-state index in [1.165, 1.54) is 19.3 Å². The van der Waals surface area contributed by atoms with Crippen LogP contribution >= 0.6 is 0 Å². The first-order chi connectivity index (χ1) is 6.45. The third-order valence-electron chi connectivity index (χ3n) is 2.38. The number of hydrogen-bond donors (Lipinski definition) is 1. The van der Waals surface area contributed by atoms with Gasteiger partial charge in [-0.3, -0.25) is 4.68 Å². The molecule has 3 heteroatoms. The molecule has 1 atom stereocenters. The topological polar surface area (TPSA) is 26.2 Å². The van der Waals surface area contributed by atoms with Gasteiger partial charge in [0.1, 0.15) is 0 Å². The van der Waals surface area contributed by atoms with Gasteiger partial charge in [-0.2, -0.15) is 0 Å². The second kappa shape index (κ2) is 4.33. The first-order valence-electron chi connectivity index (χ1n) is 4.93. The Morgan fingerprint density at radius 3 is 2.85 bits per heavy atom. The Balaban J connectivity index is 1.72. The summed E-state index contributed by atoms with van der Waals surface area (Å²) in [6.07, 6.45) is 8.12. The van der Waals surface area contributed by atoms with Crippen molar-refractivity contribution in [1.82, 2.24) is 4.68 Å². The maximum absolute atomic E-state index is 5.60. The summed E-state index contributed by atoms with van der Waals surface area (Å²) in [4.78, 5) is 0. The van der Waals surface area contributed by atoms with Crippen molar-refractivity contribution in [3.8, 4) is 0 Å². The summed E-state index contributed by atoms with van der Waals surface area (Å²) >= 11 is 0. The normalized spacial score (nSPS) is 22.9. The minimum absolute atomic E-state index is 0.399. The molecular formula is C10H16N2O. The number of ether oxygens (including phenoxy) is 1. The van der Waals surface area contributed by atoms with E-state index in [-0.39, 0.29) is 0 Å². The lowest BCUT2D eigenvalue weighted by atomic mass is 10.1. The third-order valence-corrected chi connectivity index (χ3v) is 2.38. The van der Waals surface area contributed by atoms with Gasteiger partial charge in [0.2, 0.25) is 0 Å². The van der Waals surface area contributed by atoms with Crippen LogP contribution < -0.4 is 5.43 Å². The molecular weight excluding hydrogens is 164 g/mol. The lowest BCUT2D eigenvalue weighted by Crippen LogP contribution is -2.30. The summed E-state index contributed by atoms with van der Waals surface area (Å²) in [7, 11) is 0. The van der Waals surface area contributed by atoms with Gasteiger partial charge in [-0.15, -0.1) is 0 Å². The third kappa shape index (κ3) is 2.49. The van der Waals surface area contributed by atoms with Crippen molar-refractivity contribution in [3.63, 3.8) is 0 Å². The summed E-state index contributed by atoms with van der Waals surface area (Å²) in [6, 6.07) is 4.02. The van der Waals surface area contributed by atoms with Gasteiger partial charge < -0.3 is 10.2 Å². The molecule has 2 heterocycles. The van der Waals surface area contributed by atoms with Gasteiger partial charge in [-0.05, 0) is 31.4 Å². The van der Waals surface area contributed by atoms with E-state index in [9.17, 15) is 0 Å². The predicted octanol–water partition coefficient (Wildman–Crippen LogP) is 1.60. The SMILES string of the molecule is c1ccn(NCC2CCCCO2)c1. The van der Waals surface area contributed by atoms with Crippen LogP contribution in [0, 0.1) is 0 Å². The first kappa shape index (κ1) is 8.63. The molecule has 0 aliphatic carbocycles. The zero-order valence-electron chi connectivity index (χ0n) is 7.78. The Morgan fingerprint density at radius 2 is 2.15 bits per heavy atom. The van der Waals surface area contributed by atoms with Crippen LogP contribution in [0.3, 0.4) is 0 Å². The summed E-state index contributed by atoms with van der Waals surface area (Å²) in [5, 5.41) is 0. The van der Waals surface area contributed by atoms with E-state index >= 15 is 0 Å². The fourth-order valence-corrected chi connectivity index (χ4v) is 1.62.